The SMILES string of the molecule is O=[C]OCc1ccc(Cl)c(C(F)F)c1. The van der Waals surface area contributed by atoms with Gasteiger partial charge in [0.05, 0.1) is 0 Å². The molecular formula is C9H6ClF2O2. The summed E-state index contributed by atoms with van der Waals surface area (Å²) in [6.45, 7) is 1.13. The first-order chi connectivity index (χ1) is 6.65. The Bertz CT molecular complexity index is 329. The Morgan fingerprint density at radius 2 is 2.21 bits per heavy atom. The second-order valence-corrected chi connectivity index (χ2v) is 2.94. The highest BCUT2D eigenvalue weighted by Crippen LogP contribution is 2.27. The summed E-state index contributed by atoms with van der Waals surface area (Å²) in [5.74, 6) is 0. The zero-order valence-corrected chi connectivity index (χ0v) is 7.72. The quantitative estimate of drug-likeness (QED) is 0.778. The standard InChI is InChI=1S/C9H6ClF2O2/c10-8-2-1-6(4-14-5-13)3-7(8)9(11)12/h1-3,9H,4H2. The minimum atomic E-state index is -2.64. The van der Waals surface area contributed by atoms with Crippen molar-refractivity contribution in [3.8, 4) is 0 Å². The van der Waals surface area contributed by atoms with Crippen molar-refractivity contribution in [2.75, 3.05) is 0 Å². The van der Waals surface area contributed by atoms with E-state index in [4.69, 9.17) is 11.6 Å². The molecule has 5 heteroatoms. The maximum Gasteiger partial charge on any atom is 0.417 e. The van der Waals surface area contributed by atoms with E-state index >= 15 is 0 Å². The molecular weight excluding hydrogens is 214 g/mol. The molecule has 1 aromatic carbocycles. The van der Waals surface area contributed by atoms with Crippen LogP contribution < -0.4 is 0 Å². The van der Waals surface area contributed by atoms with Crippen LogP contribution in [0.4, 0.5) is 8.78 Å². The summed E-state index contributed by atoms with van der Waals surface area (Å²) in [4.78, 5) is 9.74. The van der Waals surface area contributed by atoms with Crippen LogP contribution in [0.3, 0.4) is 0 Å². The van der Waals surface area contributed by atoms with E-state index in [9.17, 15) is 13.6 Å². The maximum absolute atomic E-state index is 12.3. The lowest BCUT2D eigenvalue weighted by molar-refractivity contribution is 0.151. The molecule has 1 rings (SSSR count). The highest BCUT2D eigenvalue weighted by Gasteiger charge is 2.12. The molecule has 0 unspecified atom stereocenters. The Morgan fingerprint density at radius 1 is 1.50 bits per heavy atom. The first kappa shape index (κ1) is 10.9. The highest BCUT2D eigenvalue weighted by molar-refractivity contribution is 6.31. The summed E-state index contributed by atoms with van der Waals surface area (Å²) < 4.78 is 29.0. The number of carbonyl (C=O) groups excluding carboxylic acids is 1. The van der Waals surface area contributed by atoms with E-state index in [1.54, 1.807) is 0 Å². The Morgan fingerprint density at radius 3 is 2.79 bits per heavy atom. The third kappa shape index (κ3) is 2.67. The topological polar surface area (TPSA) is 26.3 Å². The molecule has 0 aliphatic heterocycles. The van der Waals surface area contributed by atoms with Crippen molar-refractivity contribution >= 4 is 18.1 Å². The van der Waals surface area contributed by atoms with Crippen molar-refractivity contribution in [2.24, 2.45) is 0 Å². The van der Waals surface area contributed by atoms with E-state index in [-0.39, 0.29) is 17.2 Å². The molecule has 0 spiro atoms. The summed E-state index contributed by atoms with van der Waals surface area (Å²) in [5.41, 5.74) is 0.187. The first-order valence-corrected chi connectivity index (χ1v) is 4.08. The monoisotopic (exact) mass is 219 g/mol. The van der Waals surface area contributed by atoms with E-state index in [0.29, 0.717) is 5.56 Å². The third-order valence-electron chi connectivity index (χ3n) is 1.59. The molecule has 0 atom stereocenters. The van der Waals surface area contributed by atoms with Crippen molar-refractivity contribution in [3.05, 3.63) is 34.3 Å². The average molecular weight is 220 g/mol. The van der Waals surface area contributed by atoms with Gasteiger partial charge in [0, 0.05) is 10.6 Å². The Hall–Kier alpha value is -1.16. The fraction of sp³-hybridized carbons (Fsp3) is 0.222. The van der Waals surface area contributed by atoms with Gasteiger partial charge in [0.15, 0.2) is 0 Å². The van der Waals surface area contributed by atoms with Crippen molar-refractivity contribution in [1.82, 2.24) is 0 Å². The Kier molecular flexibility index (Phi) is 3.83. The van der Waals surface area contributed by atoms with Gasteiger partial charge in [-0.15, -0.1) is 0 Å². The van der Waals surface area contributed by atoms with Crippen LogP contribution in [0.15, 0.2) is 18.2 Å². The lowest BCUT2D eigenvalue weighted by Gasteiger charge is -2.05. The number of halogens is 3. The largest absolute Gasteiger partial charge is 0.452 e. The van der Waals surface area contributed by atoms with Gasteiger partial charge in [0.1, 0.15) is 6.61 Å². The molecule has 1 aromatic rings. The second kappa shape index (κ2) is 4.91. The average Bonchev–Trinajstić information content (AvgIpc) is 2.16. The van der Waals surface area contributed by atoms with Crippen molar-refractivity contribution in [3.63, 3.8) is 0 Å². The minimum Gasteiger partial charge on any atom is -0.452 e. The molecule has 0 bridgehead atoms. The molecule has 0 aliphatic carbocycles. The summed E-state index contributed by atoms with van der Waals surface area (Å²) in [5, 5.41) is -0.00108. The van der Waals surface area contributed by atoms with Gasteiger partial charge in [0.25, 0.3) is 6.43 Å². The zero-order valence-electron chi connectivity index (χ0n) is 6.97. The molecule has 0 aliphatic rings. The molecule has 0 fully saturated rings. The smallest absolute Gasteiger partial charge is 0.417 e. The Balaban J connectivity index is 2.88. The predicted octanol–water partition coefficient (Wildman–Crippen LogP) is 2.86. The molecule has 0 heterocycles. The van der Waals surface area contributed by atoms with Gasteiger partial charge in [-0.2, -0.15) is 0 Å². The van der Waals surface area contributed by atoms with E-state index in [2.05, 4.69) is 4.74 Å². The number of hydrogen-bond acceptors (Lipinski definition) is 2. The van der Waals surface area contributed by atoms with E-state index in [0.717, 1.165) is 0 Å². The van der Waals surface area contributed by atoms with Crippen LogP contribution in [-0.4, -0.2) is 6.47 Å². The maximum atomic E-state index is 12.3. The van der Waals surface area contributed by atoms with E-state index in [1.807, 2.05) is 0 Å². The summed E-state index contributed by atoms with van der Waals surface area (Å²) in [6.07, 6.45) is -2.64. The van der Waals surface area contributed by atoms with Crippen LogP contribution in [0.2, 0.25) is 5.02 Å². The molecule has 75 valence electrons. The third-order valence-corrected chi connectivity index (χ3v) is 1.94. The van der Waals surface area contributed by atoms with Crippen molar-refractivity contribution < 1.29 is 18.3 Å². The highest BCUT2D eigenvalue weighted by atomic mass is 35.5. The van der Waals surface area contributed by atoms with E-state index in [1.165, 1.54) is 24.7 Å². The molecule has 14 heavy (non-hydrogen) atoms. The van der Waals surface area contributed by atoms with Gasteiger partial charge in [-0.25, -0.2) is 13.6 Å². The number of alkyl halides is 2. The fourth-order valence-electron chi connectivity index (χ4n) is 0.963. The molecule has 1 radical (unpaired) electrons. The molecule has 0 aromatic heterocycles. The normalized spacial score (nSPS) is 10.3. The van der Waals surface area contributed by atoms with Gasteiger partial charge >= 0.3 is 6.47 Å². The predicted molar refractivity (Wildman–Crippen MR) is 46.9 cm³/mol. The van der Waals surface area contributed by atoms with Gasteiger partial charge in [-0.05, 0) is 17.7 Å². The van der Waals surface area contributed by atoms with Crippen LogP contribution in [-0.2, 0) is 16.1 Å². The van der Waals surface area contributed by atoms with Gasteiger partial charge in [-0.1, -0.05) is 17.7 Å². The summed E-state index contributed by atoms with van der Waals surface area (Å²) in [6, 6.07) is 4.04. The lowest BCUT2D eigenvalue weighted by Crippen LogP contribution is -1.93. The lowest BCUT2D eigenvalue weighted by atomic mass is 10.1. The number of rotatable bonds is 4. The Labute approximate surface area is 84.4 Å². The van der Waals surface area contributed by atoms with Crippen LogP contribution >= 0.6 is 11.6 Å². The molecule has 0 saturated heterocycles. The zero-order chi connectivity index (χ0) is 10.6. The molecule has 0 amide bonds. The number of ether oxygens (including phenoxy) is 1. The van der Waals surface area contributed by atoms with Crippen molar-refractivity contribution in [2.45, 2.75) is 13.0 Å². The first-order valence-electron chi connectivity index (χ1n) is 3.70. The van der Waals surface area contributed by atoms with Crippen LogP contribution in [0.1, 0.15) is 17.6 Å². The van der Waals surface area contributed by atoms with Gasteiger partial charge < -0.3 is 4.74 Å². The second-order valence-electron chi connectivity index (χ2n) is 2.53. The molecule has 0 N–H and O–H groups in total. The van der Waals surface area contributed by atoms with Crippen LogP contribution in [0.25, 0.3) is 0 Å². The number of benzene rings is 1. The van der Waals surface area contributed by atoms with Gasteiger partial charge in [0.2, 0.25) is 0 Å². The van der Waals surface area contributed by atoms with Gasteiger partial charge in [-0.3, -0.25) is 0 Å². The summed E-state index contributed by atoms with van der Waals surface area (Å²) in [7, 11) is 0. The number of hydrogen-bond donors (Lipinski definition) is 0. The van der Waals surface area contributed by atoms with E-state index < -0.39 is 6.43 Å². The van der Waals surface area contributed by atoms with Crippen LogP contribution in [0.5, 0.6) is 0 Å². The fourth-order valence-corrected chi connectivity index (χ4v) is 1.16. The molecule has 0 saturated carbocycles. The van der Waals surface area contributed by atoms with Crippen LogP contribution in [0, 0.1) is 0 Å². The summed E-state index contributed by atoms with van der Waals surface area (Å²) >= 11 is 5.53. The minimum absolute atomic E-state index is 0.00108. The van der Waals surface area contributed by atoms with Crippen molar-refractivity contribution in [1.29, 1.82) is 0 Å². The molecule has 2 nitrogen and oxygen atoms in total.